The Morgan fingerprint density at radius 2 is 1.43 bits per heavy atom. The minimum Gasteiger partial charge on any atom is -0.507 e. The summed E-state index contributed by atoms with van der Waals surface area (Å²) in [5.74, 6) is -1.13. The van der Waals surface area contributed by atoms with Gasteiger partial charge in [-0.15, -0.1) is 0 Å². The van der Waals surface area contributed by atoms with Crippen molar-refractivity contribution in [3.05, 3.63) is 29.3 Å². The largest absolute Gasteiger partial charge is 0.507 e. The van der Waals surface area contributed by atoms with E-state index in [0.717, 1.165) is 24.8 Å². The van der Waals surface area contributed by atoms with E-state index >= 15 is 0 Å². The first-order chi connectivity index (χ1) is 10.7. The number of rotatable bonds is 12. The van der Waals surface area contributed by atoms with E-state index in [0.29, 0.717) is 0 Å². The van der Waals surface area contributed by atoms with Crippen molar-refractivity contribution in [1.82, 2.24) is 0 Å². The molecule has 0 radical (unpaired) electrons. The molecule has 0 atom stereocenters. The molecular formula is C19H30O3Zn. The summed E-state index contributed by atoms with van der Waals surface area (Å²) >= 11 is 0. The standard InChI is InChI=1S/C19H30O3.Zn/c1-2-3-4-5-6-7-8-9-10-11-13-16-14-12-15-17(18(16)20)19(21)22;/h12,14-15,20H,2-11,13H2,1H3,(H,21,22);. The molecule has 0 aliphatic rings. The van der Waals surface area contributed by atoms with E-state index in [2.05, 4.69) is 6.92 Å². The fourth-order valence-electron chi connectivity index (χ4n) is 2.77. The Balaban J connectivity index is 0.00000484. The number of benzene rings is 1. The van der Waals surface area contributed by atoms with Gasteiger partial charge in [-0.1, -0.05) is 76.8 Å². The molecule has 0 saturated heterocycles. The molecule has 3 nitrogen and oxygen atoms in total. The van der Waals surface area contributed by atoms with Gasteiger partial charge >= 0.3 is 5.97 Å². The maximum absolute atomic E-state index is 11.0. The minimum absolute atomic E-state index is 0. The Bertz CT molecular complexity index is 446. The molecule has 0 aromatic heterocycles. The van der Waals surface area contributed by atoms with Gasteiger partial charge in [0, 0.05) is 19.5 Å². The van der Waals surface area contributed by atoms with E-state index in [1.165, 1.54) is 57.4 Å². The van der Waals surface area contributed by atoms with Gasteiger partial charge in [0.15, 0.2) is 0 Å². The van der Waals surface area contributed by atoms with Crippen LogP contribution in [0.25, 0.3) is 0 Å². The van der Waals surface area contributed by atoms with Crippen molar-refractivity contribution in [2.75, 3.05) is 0 Å². The number of aromatic hydroxyl groups is 1. The zero-order valence-electron chi connectivity index (χ0n) is 14.5. The fourth-order valence-corrected chi connectivity index (χ4v) is 2.77. The molecule has 0 saturated carbocycles. The maximum atomic E-state index is 11.0. The summed E-state index contributed by atoms with van der Waals surface area (Å²) in [4.78, 5) is 11.0. The van der Waals surface area contributed by atoms with Crippen LogP contribution in [0, 0.1) is 0 Å². The summed E-state index contributed by atoms with van der Waals surface area (Å²) in [6.45, 7) is 2.24. The zero-order valence-corrected chi connectivity index (χ0v) is 17.5. The summed E-state index contributed by atoms with van der Waals surface area (Å²) in [5.41, 5.74) is 0.754. The minimum atomic E-state index is -1.07. The van der Waals surface area contributed by atoms with Crippen LogP contribution in [0.15, 0.2) is 18.2 Å². The zero-order chi connectivity index (χ0) is 16.2. The third-order valence-corrected chi connectivity index (χ3v) is 4.15. The summed E-state index contributed by atoms with van der Waals surface area (Å²) in [5, 5.41) is 18.9. The molecule has 0 amide bonds. The first-order valence-corrected chi connectivity index (χ1v) is 8.71. The van der Waals surface area contributed by atoms with E-state index in [4.69, 9.17) is 5.11 Å². The van der Waals surface area contributed by atoms with Crippen molar-refractivity contribution in [1.29, 1.82) is 0 Å². The number of hydrogen-bond acceptors (Lipinski definition) is 2. The van der Waals surface area contributed by atoms with Crippen LogP contribution in [-0.2, 0) is 25.9 Å². The number of carbonyl (C=O) groups is 1. The van der Waals surface area contributed by atoms with Gasteiger partial charge in [-0.25, -0.2) is 4.79 Å². The van der Waals surface area contributed by atoms with Gasteiger partial charge in [0.05, 0.1) is 0 Å². The van der Waals surface area contributed by atoms with Crippen molar-refractivity contribution in [3.63, 3.8) is 0 Å². The average molecular weight is 372 g/mol. The molecule has 23 heavy (non-hydrogen) atoms. The number of hydrogen-bond donors (Lipinski definition) is 2. The molecule has 0 bridgehead atoms. The maximum Gasteiger partial charge on any atom is 0.339 e. The molecule has 1 aromatic rings. The van der Waals surface area contributed by atoms with Crippen LogP contribution in [0.4, 0.5) is 0 Å². The van der Waals surface area contributed by atoms with Gasteiger partial charge in [0.25, 0.3) is 0 Å². The van der Waals surface area contributed by atoms with Crippen molar-refractivity contribution in [2.45, 2.75) is 77.6 Å². The average Bonchev–Trinajstić information content (AvgIpc) is 2.50. The molecule has 126 valence electrons. The first-order valence-electron chi connectivity index (χ1n) is 8.71. The monoisotopic (exact) mass is 370 g/mol. The van der Waals surface area contributed by atoms with E-state index < -0.39 is 5.97 Å². The van der Waals surface area contributed by atoms with E-state index in [9.17, 15) is 9.90 Å². The van der Waals surface area contributed by atoms with Crippen LogP contribution in [0.1, 0.15) is 87.1 Å². The molecule has 2 N–H and O–H groups in total. The smallest absolute Gasteiger partial charge is 0.339 e. The van der Waals surface area contributed by atoms with Gasteiger partial charge in [0.1, 0.15) is 11.3 Å². The van der Waals surface area contributed by atoms with Crippen LogP contribution in [-0.4, -0.2) is 16.2 Å². The molecule has 0 aliphatic heterocycles. The Morgan fingerprint density at radius 1 is 0.913 bits per heavy atom. The Kier molecular flexibility index (Phi) is 13.0. The van der Waals surface area contributed by atoms with Gasteiger partial charge in [0.2, 0.25) is 0 Å². The molecule has 0 heterocycles. The molecule has 4 heteroatoms. The van der Waals surface area contributed by atoms with Crippen LogP contribution < -0.4 is 0 Å². The summed E-state index contributed by atoms with van der Waals surface area (Å²) in [7, 11) is 0. The second-order valence-electron chi connectivity index (χ2n) is 6.05. The number of unbranched alkanes of at least 4 members (excludes halogenated alkanes) is 9. The Morgan fingerprint density at radius 3 is 1.96 bits per heavy atom. The van der Waals surface area contributed by atoms with Crippen molar-refractivity contribution >= 4 is 5.97 Å². The van der Waals surface area contributed by atoms with Gasteiger partial charge in [-0.05, 0) is 24.5 Å². The first kappa shape index (κ1) is 22.1. The van der Waals surface area contributed by atoms with E-state index in [1.54, 1.807) is 6.07 Å². The van der Waals surface area contributed by atoms with E-state index in [-0.39, 0.29) is 30.8 Å². The van der Waals surface area contributed by atoms with Crippen LogP contribution in [0.2, 0.25) is 0 Å². The Hall–Kier alpha value is -0.887. The summed E-state index contributed by atoms with van der Waals surface area (Å²) in [6.07, 6.45) is 13.5. The Labute approximate surface area is 153 Å². The number of para-hydroxylation sites is 1. The molecule has 0 spiro atoms. The number of aryl methyl sites for hydroxylation is 1. The van der Waals surface area contributed by atoms with Crippen molar-refractivity contribution in [2.24, 2.45) is 0 Å². The van der Waals surface area contributed by atoms with Crippen molar-refractivity contribution in [3.8, 4) is 5.75 Å². The van der Waals surface area contributed by atoms with Gasteiger partial charge in [-0.2, -0.15) is 0 Å². The van der Waals surface area contributed by atoms with Crippen LogP contribution in [0.3, 0.4) is 0 Å². The third kappa shape index (κ3) is 9.10. The normalized spacial score (nSPS) is 10.3. The third-order valence-electron chi connectivity index (χ3n) is 4.15. The number of carboxylic acid groups (broad SMARTS) is 1. The molecule has 0 unspecified atom stereocenters. The molecule has 0 fully saturated rings. The van der Waals surface area contributed by atoms with Crippen LogP contribution in [0.5, 0.6) is 5.75 Å². The second-order valence-corrected chi connectivity index (χ2v) is 6.05. The summed E-state index contributed by atoms with van der Waals surface area (Å²) in [6, 6.07) is 4.96. The predicted molar refractivity (Wildman–Crippen MR) is 90.6 cm³/mol. The quantitative estimate of drug-likeness (QED) is 0.374. The van der Waals surface area contributed by atoms with Gasteiger partial charge < -0.3 is 10.2 Å². The predicted octanol–water partition coefficient (Wildman–Crippen LogP) is 5.55. The topological polar surface area (TPSA) is 57.5 Å². The number of aromatic carboxylic acids is 1. The molecule has 0 aliphatic carbocycles. The summed E-state index contributed by atoms with van der Waals surface area (Å²) < 4.78 is 0. The van der Waals surface area contributed by atoms with Gasteiger partial charge in [-0.3, -0.25) is 0 Å². The number of carboxylic acids is 1. The molecule has 1 aromatic carbocycles. The second kappa shape index (κ2) is 13.5. The fraction of sp³-hybridized carbons (Fsp3) is 0.632. The molecular weight excluding hydrogens is 342 g/mol. The SMILES string of the molecule is CCCCCCCCCCCCc1cccc(C(=O)O)c1O.[Zn]. The van der Waals surface area contributed by atoms with Crippen molar-refractivity contribution < 1.29 is 34.5 Å². The van der Waals surface area contributed by atoms with Crippen LogP contribution >= 0.6 is 0 Å². The van der Waals surface area contributed by atoms with E-state index in [1.807, 2.05) is 6.07 Å². The number of phenols is 1. The molecule has 1 rings (SSSR count).